The highest BCUT2D eigenvalue weighted by Gasteiger charge is 2.26. The molecule has 0 fully saturated rings. The molecule has 0 radical (unpaired) electrons. The van der Waals surface area contributed by atoms with Crippen molar-refractivity contribution in [1.82, 2.24) is 66.4 Å². The van der Waals surface area contributed by atoms with E-state index in [2.05, 4.69) is 486 Å². The number of fused-ring (bicyclic) bond motifs is 37. The predicted octanol–water partition coefficient (Wildman–Crippen LogP) is 33.3. The third kappa shape index (κ3) is 12.7. The number of para-hydroxylation sites is 18. The van der Waals surface area contributed by atoms with Crippen molar-refractivity contribution in [2.45, 2.75) is 0 Å². The summed E-state index contributed by atoms with van der Waals surface area (Å²) in [7, 11) is 0. The van der Waals surface area contributed by atoms with Gasteiger partial charge in [0.1, 0.15) is 22.8 Å². The first-order valence-electron chi connectivity index (χ1n) is 49.8. The second-order valence-electron chi connectivity index (χ2n) is 38.3. The maximum absolute atomic E-state index is 5.35. The largest absolute Gasteiger partial charge is 0.309 e. The van der Waals surface area contributed by atoms with Gasteiger partial charge in [0.25, 0.3) is 0 Å². The number of rotatable bonds is 8. The lowest BCUT2D eigenvalue weighted by Gasteiger charge is -2.17. The van der Waals surface area contributed by atoms with Gasteiger partial charge in [-0.15, -0.1) is 0 Å². The molecular formula is C133H80N14. The Hall–Kier alpha value is -20.1. The summed E-state index contributed by atoms with van der Waals surface area (Å²) in [6.45, 7) is 0. The highest BCUT2D eigenvalue weighted by Crippen LogP contribution is 2.46. The van der Waals surface area contributed by atoms with Crippen LogP contribution in [0.15, 0.2) is 485 Å². The summed E-state index contributed by atoms with van der Waals surface area (Å²) in [5.41, 5.74) is 39.7. The van der Waals surface area contributed by atoms with Crippen molar-refractivity contribution in [3.8, 4) is 67.5 Å². The quantitative estimate of drug-likeness (QED) is 0.110. The van der Waals surface area contributed by atoms with Crippen LogP contribution in [0.2, 0.25) is 0 Å². The SMILES string of the molecule is c1ccc(-n2c(-c3ccc(-c4ccc5c(c4)c4nc6ccccc6cc4c4nc6ccccc6n54)cc3)nc3ccccc32)cc1.c1ccc2nc3c4cc(-c5cc(-n6c7ccccc7c7ccccc76)cc(-n6c7ccccc7c7ccccc76)c5)ccc4n4c5ccccc5nc4c3cc2c1.c1ccc2nc3c4cc(-c5ccc(-n6c7ccccc7c7ccccc76)cc5)ccc4n4c5ccccc5nc4c3cc2c1. The fourth-order valence-electron chi connectivity index (χ4n) is 23.4. The number of nitrogens with zero attached hydrogens (tertiary/aromatic N) is 14. The molecule has 682 valence electrons. The van der Waals surface area contributed by atoms with E-state index in [0.29, 0.717) is 0 Å². The molecule has 14 nitrogen and oxygen atoms in total. The lowest BCUT2D eigenvalue weighted by atomic mass is 9.99. The van der Waals surface area contributed by atoms with Crippen LogP contribution in [0.3, 0.4) is 0 Å². The molecule has 14 heteroatoms. The summed E-state index contributed by atoms with van der Waals surface area (Å²) in [5, 5.41) is 17.3. The van der Waals surface area contributed by atoms with Gasteiger partial charge in [-0.05, 0) is 234 Å². The summed E-state index contributed by atoms with van der Waals surface area (Å²) in [4.78, 5) is 36.2. The minimum atomic E-state index is 0.923. The fourth-order valence-corrected chi connectivity index (χ4v) is 23.4. The standard InChI is InChI=1S/C52H31N5.C41H25N5.C40H24N4/c1-6-18-43-33(13-1)30-42-51(53-43)41-29-32(25-26-49(41)57-50-24-12-7-19-44(50)54-52(42)57)34-27-35(55-45-20-8-2-14-37(45)38-15-3-9-21-46(38)55)31-36(28-34)56-47-22-10-4-16-39(47)40-17-5-11-23-48(40)56;1-2-11-30(12-3-1)45-37-16-8-6-14-34(37)43-40(45)27-20-18-26(19-21-27)28-22-23-36-31(24-28)39-32(25-29-10-4-5-13-33(29)42-39)41-44-35-15-7-9-17-38(35)46(36)41;1-4-12-33-27(9-1)24-32-39(41-33)31-23-26(19-22-37(31)44-38-16-8-5-13-34(38)42-40(32)44)25-17-20-28(21-18-25)43-35-14-6-2-10-29(35)30-11-3-7-15-36(30)43/h1-31H;1-25H;1-24H. The second kappa shape index (κ2) is 32.2. The van der Waals surface area contributed by atoms with E-state index in [1.165, 1.54) is 71.0 Å². The van der Waals surface area contributed by atoms with Crippen molar-refractivity contribution in [1.29, 1.82) is 0 Å². The highest BCUT2D eigenvalue weighted by atomic mass is 15.1. The fraction of sp³-hybridized carbons (Fsp3) is 0. The summed E-state index contributed by atoms with van der Waals surface area (Å²) in [6.07, 6.45) is 0. The normalized spacial score (nSPS) is 12.1. The van der Waals surface area contributed by atoms with Crippen molar-refractivity contribution in [3.05, 3.63) is 485 Å². The number of benzene rings is 20. The minimum Gasteiger partial charge on any atom is -0.309 e. The number of hydrogen-bond donors (Lipinski definition) is 0. The molecule has 0 saturated carbocycles. The number of pyridine rings is 6. The Kier molecular flexibility index (Phi) is 17.9. The van der Waals surface area contributed by atoms with Gasteiger partial charge < -0.3 is 13.7 Å². The van der Waals surface area contributed by atoms with Crippen LogP contribution < -0.4 is 0 Å². The van der Waals surface area contributed by atoms with Gasteiger partial charge in [-0.2, -0.15) is 0 Å². The molecule has 0 spiro atoms. The van der Waals surface area contributed by atoms with Crippen molar-refractivity contribution in [2.24, 2.45) is 0 Å². The van der Waals surface area contributed by atoms with Gasteiger partial charge in [-0.25, -0.2) is 34.9 Å². The molecule has 0 saturated heterocycles. The van der Waals surface area contributed by atoms with Gasteiger partial charge >= 0.3 is 0 Å². The summed E-state index contributed by atoms with van der Waals surface area (Å²) in [6, 6.07) is 173. The molecule has 33 aromatic rings. The smallest absolute Gasteiger partial charge is 0.147 e. The van der Waals surface area contributed by atoms with Crippen LogP contribution in [0.1, 0.15) is 0 Å². The maximum atomic E-state index is 5.35. The third-order valence-corrected chi connectivity index (χ3v) is 30.1. The van der Waals surface area contributed by atoms with E-state index < -0.39 is 0 Å². The lowest BCUT2D eigenvalue weighted by molar-refractivity contribution is 1.10. The topological polar surface area (TPSA) is 123 Å². The van der Waals surface area contributed by atoms with Crippen LogP contribution >= 0.6 is 0 Å². The molecule has 13 aromatic heterocycles. The first-order chi connectivity index (χ1) is 72.9. The van der Waals surface area contributed by atoms with Crippen LogP contribution in [0.25, 0.3) is 292 Å². The molecule has 20 aromatic carbocycles. The molecule has 13 heterocycles. The van der Waals surface area contributed by atoms with E-state index in [0.717, 1.165) is 221 Å². The molecule has 0 unspecified atom stereocenters. The molecule has 0 aliphatic heterocycles. The van der Waals surface area contributed by atoms with Crippen LogP contribution in [0.5, 0.6) is 0 Å². The zero-order valence-electron chi connectivity index (χ0n) is 78.9. The monoisotopic (exact) mass is 1870 g/mol. The van der Waals surface area contributed by atoms with Gasteiger partial charge in [0.15, 0.2) is 0 Å². The Balaban J connectivity index is 0.000000101. The number of aromatic nitrogens is 14. The Bertz CT molecular complexity index is 11100. The molecule has 0 atom stereocenters. The van der Waals surface area contributed by atoms with Gasteiger partial charge in [0.2, 0.25) is 0 Å². The summed E-state index contributed by atoms with van der Waals surface area (Å²) < 4.78 is 16.3. The van der Waals surface area contributed by atoms with Crippen molar-refractivity contribution < 1.29 is 0 Å². The minimum absolute atomic E-state index is 0.923. The lowest BCUT2D eigenvalue weighted by Crippen LogP contribution is -2.00. The number of hydrogen-bond acceptors (Lipinski definition) is 7. The first-order valence-corrected chi connectivity index (χ1v) is 49.8. The predicted molar refractivity (Wildman–Crippen MR) is 608 cm³/mol. The van der Waals surface area contributed by atoms with Crippen LogP contribution in [-0.2, 0) is 0 Å². The molecule has 33 rings (SSSR count). The summed E-state index contributed by atoms with van der Waals surface area (Å²) in [5.74, 6) is 0.925. The average Bonchev–Trinajstić information content (AvgIpc) is 1.63. The van der Waals surface area contributed by atoms with Crippen LogP contribution in [0.4, 0.5) is 0 Å². The van der Waals surface area contributed by atoms with Crippen LogP contribution in [0, 0.1) is 0 Å². The summed E-state index contributed by atoms with van der Waals surface area (Å²) >= 11 is 0. The number of imidazole rings is 4. The second-order valence-corrected chi connectivity index (χ2v) is 38.3. The molecular weight excluding hydrogens is 1790 g/mol. The Morgan fingerprint density at radius 1 is 0.129 bits per heavy atom. The Labute approximate surface area is 838 Å². The molecule has 0 aliphatic rings. The van der Waals surface area contributed by atoms with Gasteiger partial charge in [0.05, 0.1) is 127 Å². The first kappa shape index (κ1) is 81.7. The van der Waals surface area contributed by atoms with Gasteiger partial charge in [-0.1, -0.05) is 285 Å². The molecule has 147 heavy (non-hydrogen) atoms. The van der Waals surface area contributed by atoms with Crippen molar-refractivity contribution >= 4 is 225 Å². The van der Waals surface area contributed by atoms with Crippen LogP contribution in [-0.4, -0.2) is 66.4 Å². The van der Waals surface area contributed by atoms with Crippen molar-refractivity contribution in [3.63, 3.8) is 0 Å². The van der Waals surface area contributed by atoms with E-state index in [4.69, 9.17) is 34.9 Å². The third-order valence-electron chi connectivity index (χ3n) is 30.1. The zero-order valence-corrected chi connectivity index (χ0v) is 78.9. The Morgan fingerprint density at radius 3 is 0.755 bits per heavy atom. The van der Waals surface area contributed by atoms with E-state index in [1.54, 1.807) is 0 Å². The molecule has 0 amide bonds. The van der Waals surface area contributed by atoms with Gasteiger partial charge in [0, 0.05) is 109 Å². The molecule has 0 aliphatic carbocycles. The highest BCUT2D eigenvalue weighted by molar-refractivity contribution is 6.20. The van der Waals surface area contributed by atoms with Crippen molar-refractivity contribution in [2.75, 3.05) is 0 Å². The van der Waals surface area contributed by atoms with E-state index in [9.17, 15) is 0 Å². The molecule has 0 N–H and O–H groups in total. The maximum Gasteiger partial charge on any atom is 0.147 e. The Morgan fingerprint density at radius 2 is 0.395 bits per heavy atom. The molecule has 0 bridgehead atoms. The van der Waals surface area contributed by atoms with Gasteiger partial charge in [-0.3, -0.25) is 17.8 Å². The zero-order chi connectivity index (χ0) is 96.2. The van der Waals surface area contributed by atoms with E-state index >= 15 is 0 Å². The van der Waals surface area contributed by atoms with E-state index in [1.807, 2.05) is 30.3 Å². The average molecular weight is 1870 g/mol. The van der Waals surface area contributed by atoms with E-state index in [-0.39, 0.29) is 0 Å².